The summed E-state index contributed by atoms with van der Waals surface area (Å²) in [5, 5.41) is 0. The highest BCUT2D eigenvalue weighted by Gasteiger charge is 2.28. The van der Waals surface area contributed by atoms with Gasteiger partial charge in [-0.2, -0.15) is 0 Å². The topological polar surface area (TPSA) is 58.4 Å². The van der Waals surface area contributed by atoms with Gasteiger partial charge in [-0.1, -0.05) is 42.3 Å². The second kappa shape index (κ2) is 6.90. The molecule has 0 radical (unpaired) electrons. The van der Waals surface area contributed by atoms with Gasteiger partial charge in [-0.05, 0) is 49.0 Å². The zero-order chi connectivity index (χ0) is 15.5. The fraction of sp³-hybridized carbons (Fsp3) is 0.562. The number of rotatable bonds is 4. The second-order valence-electron chi connectivity index (χ2n) is 6.22. The van der Waals surface area contributed by atoms with Crippen LogP contribution in [0.1, 0.15) is 49.0 Å². The average Bonchev–Trinajstić information content (AvgIpc) is 2.50. The van der Waals surface area contributed by atoms with E-state index in [-0.39, 0.29) is 5.91 Å². The number of nitrogens with two attached hydrogens (primary N) is 1. The number of nitrogen functional groups attached to an aromatic ring is 1. The first-order chi connectivity index (χ1) is 9.97. The lowest BCUT2D eigenvalue weighted by atomic mass is 9.78. The third kappa shape index (κ3) is 4.05. The smallest absolute Gasteiger partial charge is 0.265 e. The number of piperidine rings is 1. The molecule has 3 N–H and O–H groups in total. The molecule has 1 aromatic rings. The van der Waals surface area contributed by atoms with E-state index in [4.69, 9.17) is 5.84 Å². The van der Waals surface area contributed by atoms with E-state index in [0.29, 0.717) is 11.0 Å². The van der Waals surface area contributed by atoms with Gasteiger partial charge >= 0.3 is 0 Å². The van der Waals surface area contributed by atoms with Gasteiger partial charge in [0, 0.05) is 16.6 Å². The summed E-state index contributed by atoms with van der Waals surface area (Å²) in [4.78, 5) is 14.0. The van der Waals surface area contributed by atoms with E-state index in [1.807, 2.05) is 18.2 Å². The summed E-state index contributed by atoms with van der Waals surface area (Å²) in [6.07, 6.45) is 3.77. The first-order valence-corrected chi connectivity index (χ1v) is 8.28. The van der Waals surface area contributed by atoms with Gasteiger partial charge in [-0.3, -0.25) is 15.1 Å². The van der Waals surface area contributed by atoms with Crippen LogP contribution in [-0.2, 0) is 6.54 Å². The molecule has 0 aliphatic carbocycles. The summed E-state index contributed by atoms with van der Waals surface area (Å²) in [7, 11) is 0. The quantitative estimate of drug-likeness (QED) is 0.496. The molecular weight excluding hydrogens is 330 g/mol. The van der Waals surface area contributed by atoms with Crippen molar-refractivity contribution < 1.29 is 4.79 Å². The van der Waals surface area contributed by atoms with E-state index < -0.39 is 0 Å². The Balaban J connectivity index is 2.00. The maximum absolute atomic E-state index is 11.5. The van der Waals surface area contributed by atoms with Crippen molar-refractivity contribution in [3.63, 3.8) is 0 Å². The molecule has 0 bridgehead atoms. The van der Waals surface area contributed by atoms with Crippen LogP contribution >= 0.6 is 15.9 Å². The molecule has 1 amide bonds. The summed E-state index contributed by atoms with van der Waals surface area (Å²) in [6.45, 7) is 7.88. The highest BCUT2D eigenvalue weighted by Crippen LogP contribution is 2.34. The summed E-state index contributed by atoms with van der Waals surface area (Å²) < 4.78 is 0.965. The van der Waals surface area contributed by atoms with E-state index in [9.17, 15) is 4.79 Å². The van der Waals surface area contributed by atoms with E-state index >= 15 is 0 Å². The van der Waals surface area contributed by atoms with Gasteiger partial charge in [0.25, 0.3) is 5.91 Å². The van der Waals surface area contributed by atoms with Crippen LogP contribution in [0.25, 0.3) is 0 Å². The number of hydrogen-bond donors (Lipinski definition) is 2. The first-order valence-electron chi connectivity index (χ1n) is 7.49. The Kier molecular flexibility index (Phi) is 5.41. The van der Waals surface area contributed by atoms with Crippen LogP contribution in [0.15, 0.2) is 22.7 Å². The summed E-state index contributed by atoms with van der Waals surface area (Å²) in [6, 6.07) is 5.66. The summed E-state index contributed by atoms with van der Waals surface area (Å²) in [5.74, 6) is 4.89. The minimum atomic E-state index is -0.265. The number of nitrogens with one attached hydrogen (secondary N) is 1. The lowest BCUT2D eigenvalue weighted by Crippen LogP contribution is -2.38. The van der Waals surface area contributed by atoms with E-state index in [1.54, 1.807) is 0 Å². The molecule has 21 heavy (non-hydrogen) atoms. The summed E-state index contributed by atoms with van der Waals surface area (Å²) >= 11 is 3.56. The molecule has 2 rings (SSSR count). The van der Waals surface area contributed by atoms with Gasteiger partial charge < -0.3 is 0 Å². The normalized spacial score (nSPS) is 18.5. The number of hydrogen-bond acceptors (Lipinski definition) is 3. The van der Waals surface area contributed by atoms with Crippen LogP contribution in [0.4, 0.5) is 0 Å². The minimum Gasteiger partial charge on any atom is -0.299 e. The van der Waals surface area contributed by atoms with Crippen molar-refractivity contribution >= 4 is 21.8 Å². The molecule has 5 heteroatoms. The number of nitrogens with zero attached hydrogens (tertiary/aromatic N) is 1. The lowest BCUT2D eigenvalue weighted by Gasteiger charge is -2.39. The maximum Gasteiger partial charge on any atom is 0.265 e. The van der Waals surface area contributed by atoms with Gasteiger partial charge in [0.2, 0.25) is 0 Å². The van der Waals surface area contributed by atoms with Crippen LogP contribution in [0, 0.1) is 5.41 Å². The minimum absolute atomic E-state index is 0.265. The Hall–Kier alpha value is -0.910. The lowest BCUT2D eigenvalue weighted by molar-refractivity contribution is 0.0953. The predicted molar refractivity (Wildman–Crippen MR) is 88.7 cm³/mol. The zero-order valence-corrected chi connectivity index (χ0v) is 14.4. The van der Waals surface area contributed by atoms with Crippen molar-refractivity contribution in [1.82, 2.24) is 10.3 Å². The molecule has 116 valence electrons. The predicted octanol–water partition coefficient (Wildman–Crippen LogP) is 3.06. The molecule has 0 aromatic heterocycles. The highest BCUT2D eigenvalue weighted by atomic mass is 79.9. The molecule has 1 heterocycles. The number of carbonyl (C=O) groups excluding carboxylic acids is 1. The highest BCUT2D eigenvalue weighted by molar-refractivity contribution is 9.10. The third-order valence-corrected chi connectivity index (χ3v) is 5.50. The number of carbonyl (C=O) groups is 1. The van der Waals surface area contributed by atoms with Gasteiger partial charge in [-0.25, -0.2) is 5.84 Å². The SMILES string of the molecule is CCC1(C)CCN(Cc2ccc(C(=O)NN)cc2Br)CC1. The van der Waals surface area contributed by atoms with Crippen LogP contribution < -0.4 is 11.3 Å². The Morgan fingerprint density at radius 1 is 1.43 bits per heavy atom. The molecule has 0 saturated carbocycles. The molecule has 1 saturated heterocycles. The van der Waals surface area contributed by atoms with Crippen LogP contribution in [-0.4, -0.2) is 23.9 Å². The Morgan fingerprint density at radius 3 is 2.62 bits per heavy atom. The number of benzene rings is 1. The Labute approximate surface area is 135 Å². The monoisotopic (exact) mass is 353 g/mol. The molecule has 0 spiro atoms. The number of likely N-dealkylation sites (tertiary alicyclic amines) is 1. The van der Waals surface area contributed by atoms with Crippen molar-refractivity contribution in [1.29, 1.82) is 0 Å². The van der Waals surface area contributed by atoms with Gasteiger partial charge in [0.05, 0.1) is 0 Å². The van der Waals surface area contributed by atoms with E-state index in [1.165, 1.54) is 24.8 Å². The largest absolute Gasteiger partial charge is 0.299 e. The van der Waals surface area contributed by atoms with Crippen LogP contribution in [0.2, 0.25) is 0 Å². The molecule has 0 atom stereocenters. The molecule has 4 nitrogen and oxygen atoms in total. The fourth-order valence-corrected chi connectivity index (χ4v) is 3.25. The molecule has 1 fully saturated rings. The third-order valence-electron chi connectivity index (χ3n) is 4.76. The van der Waals surface area contributed by atoms with Gasteiger partial charge in [0.1, 0.15) is 0 Å². The standard InChI is InChI=1S/C16H24BrN3O/c1-3-16(2)6-8-20(9-7-16)11-13-5-4-12(10-14(13)17)15(21)19-18/h4-5,10H,3,6-9,11,18H2,1-2H3,(H,19,21). The maximum atomic E-state index is 11.5. The summed E-state index contributed by atoms with van der Waals surface area (Å²) in [5.41, 5.74) is 4.45. The molecule has 1 aliphatic rings. The van der Waals surface area contributed by atoms with Crippen molar-refractivity contribution in [2.45, 2.75) is 39.7 Å². The zero-order valence-electron chi connectivity index (χ0n) is 12.8. The van der Waals surface area contributed by atoms with Gasteiger partial charge in [0.15, 0.2) is 0 Å². The first kappa shape index (κ1) is 16.5. The van der Waals surface area contributed by atoms with Crippen molar-refractivity contribution in [2.24, 2.45) is 11.3 Å². The average molecular weight is 354 g/mol. The molecular formula is C16H24BrN3O. The van der Waals surface area contributed by atoms with Crippen LogP contribution in [0.5, 0.6) is 0 Å². The fourth-order valence-electron chi connectivity index (χ4n) is 2.75. The number of hydrazine groups is 1. The molecule has 1 aromatic carbocycles. The number of amides is 1. The van der Waals surface area contributed by atoms with Crippen molar-refractivity contribution in [3.8, 4) is 0 Å². The number of halogens is 1. The molecule has 1 aliphatic heterocycles. The second-order valence-corrected chi connectivity index (χ2v) is 7.07. The van der Waals surface area contributed by atoms with Crippen molar-refractivity contribution in [3.05, 3.63) is 33.8 Å². The van der Waals surface area contributed by atoms with Crippen LogP contribution in [0.3, 0.4) is 0 Å². The Morgan fingerprint density at radius 2 is 2.10 bits per heavy atom. The Bertz CT molecular complexity index is 510. The van der Waals surface area contributed by atoms with Crippen molar-refractivity contribution in [2.75, 3.05) is 13.1 Å². The van der Waals surface area contributed by atoms with E-state index in [2.05, 4.69) is 40.1 Å². The van der Waals surface area contributed by atoms with Gasteiger partial charge in [-0.15, -0.1) is 0 Å². The molecule has 0 unspecified atom stereocenters. The van der Waals surface area contributed by atoms with E-state index in [0.717, 1.165) is 24.1 Å².